The summed E-state index contributed by atoms with van der Waals surface area (Å²) >= 11 is 0. The first-order valence-corrected chi connectivity index (χ1v) is 6.63. The lowest BCUT2D eigenvalue weighted by molar-refractivity contribution is 0.245. The van der Waals surface area contributed by atoms with Crippen LogP contribution in [0.2, 0.25) is 0 Å². The molecule has 1 saturated heterocycles. The average molecular weight is 233 g/mol. The van der Waals surface area contributed by atoms with Crippen LogP contribution < -0.4 is 4.74 Å². The lowest BCUT2D eigenvalue weighted by Crippen LogP contribution is -2.32. The molecule has 0 spiro atoms. The summed E-state index contributed by atoms with van der Waals surface area (Å²) in [5.74, 6) is 0.971. The zero-order valence-corrected chi connectivity index (χ0v) is 11.0. The van der Waals surface area contributed by atoms with E-state index in [1.54, 1.807) is 7.11 Å². The van der Waals surface area contributed by atoms with Crippen molar-refractivity contribution in [1.82, 2.24) is 4.90 Å². The molecule has 1 aromatic carbocycles. The highest BCUT2D eigenvalue weighted by Gasteiger charge is 2.17. The van der Waals surface area contributed by atoms with E-state index in [9.17, 15) is 0 Å². The van der Waals surface area contributed by atoms with Gasteiger partial charge in [-0.3, -0.25) is 0 Å². The van der Waals surface area contributed by atoms with Gasteiger partial charge in [-0.05, 0) is 50.6 Å². The molecule has 17 heavy (non-hydrogen) atoms. The molecule has 2 heteroatoms. The van der Waals surface area contributed by atoms with Gasteiger partial charge >= 0.3 is 0 Å². The summed E-state index contributed by atoms with van der Waals surface area (Å²) in [6.07, 6.45) is 6.59. The zero-order valence-electron chi connectivity index (χ0n) is 11.0. The van der Waals surface area contributed by atoms with Gasteiger partial charge in [-0.2, -0.15) is 0 Å². The maximum absolute atomic E-state index is 5.28. The average Bonchev–Trinajstić information content (AvgIpc) is 2.55. The normalized spacial score (nSPS) is 22.1. The molecule has 1 heterocycles. The number of likely N-dealkylation sites (N-methyl/N-ethyl adjacent to an activating group) is 1. The van der Waals surface area contributed by atoms with E-state index in [2.05, 4.69) is 30.1 Å². The highest BCUT2D eigenvalue weighted by molar-refractivity contribution is 5.29. The molecule has 0 aromatic heterocycles. The fraction of sp³-hybridized carbons (Fsp3) is 0.600. The van der Waals surface area contributed by atoms with Crippen LogP contribution in [0.1, 0.15) is 31.2 Å². The number of ether oxygens (including phenoxy) is 1. The van der Waals surface area contributed by atoms with Gasteiger partial charge in [0.05, 0.1) is 7.11 Å². The Morgan fingerprint density at radius 3 is 3.00 bits per heavy atom. The van der Waals surface area contributed by atoms with Gasteiger partial charge in [0.1, 0.15) is 5.75 Å². The third-order valence-corrected chi connectivity index (χ3v) is 3.78. The molecule has 2 nitrogen and oxygen atoms in total. The van der Waals surface area contributed by atoms with E-state index in [1.165, 1.54) is 37.8 Å². The van der Waals surface area contributed by atoms with Crippen LogP contribution in [0, 0.1) is 0 Å². The summed E-state index contributed by atoms with van der Waals surface area (Å²) < 4.78 is 5.28. The van der Waals surface area contributed by atoms with Crippen LogP contribution in [0.15, 0.2) is 24.3 Å². The molecule has 1 aromatic rings. The Labute approximate surface area is 105 Å². The van der Waals surface area contributed by atoms with Gasteiger partial charge in [0.25, 0.3) is 0 Å². The van der Waals surface area contributed by atoms with Crippen molar-refractivity contribution in [2.24, 2.45) is 0 Å². The Kier molecular flexibility index (Phi) is 4.43. The molecule has 1 aliphatic rings. The molecule has 1 aliphatic heterocycles. The van der Waals surface area contributed by atoms with E-state index < -0.39 is 0 Å². The predicted octanol–water partition coefficient (Wildman–Crippen LogP) is 3.11. The van der Waals surface area contributed by atoms with Crippen LogP contribution in [-0.2, 0) is 6.42 Å². The smallest absolute Gasteiger partial charge is 0.119 e. The number of hydrogen-bond donors (Lipinski definition) is 0. The molecule has 0 aliphatic carbocycles. The molecular weight excluding hydrogens is 210 g/mol. The van der Waals surface area contributed by atoms with E-state index in [0.717, 1.165) is 12.2 Å². The van der Waals surface area contributed by atoms with Crippen LogP contribution in [0.5, 0.6) is 5.75 Å². The summed E-state index contributed by atoms with van der Waals surface area (Å²) in [5, 5.41) is 0. The highest BCUT2D eigenvalue weighted by Crippen LogP contribution is 2.21. The number of benzene rings is 1. The molecule has 0 radical (unpaired) electrons. The fourth-order valence-electron chi connectivity index (χ4n) is 2.65. The van der Waals surface area contributed by atoms with Gasteiger partial charge in [0, 0.05) is 6.04 Å². The van der Waals surface area contributed by atoms with E-state index in [4.69, 9.17) is 4.74 Å². The van der Waals surface area contributed by atoms with Crippen LogP contribution in [0.3, 0.4) is 0 Å². The topological polar surface area (TPSA) is 12.5 Å². The standard InChI is InChI=1S/C15H23NO/c1-16-10-5-3-4-8-14(16)11-13-7-6-9-15(12-13)17-2/h6-7,9,12,14H,3-5,8,10-11H2,1-2H3. The molecule has 0 bridgehead atoms. The van der Waals surface area contributed by atoms with Crippen molar-refractivity contribution in [1.29, 1.82) is 0 Å². The Hall–Kier alpha value is -1.02. The molecule has 1 fully saturated rings. The molecule has 2 rings (SSSR count). The summed E-state index contributed by atoms with van der Waals surface area (Å²) in [4.78, 5) is 2.52. The SMILES string of the molecule is COc1cccc(CC2CCCCCN2C)c1. The van der Waals surface area contributed by atoms with Crippen LogP contribution >= 0.6 is 0 Å². The number of hydrogen-bond acceptors (Lipinski definition) is 2. The Balaban J connectivity index is 2.02. The van der Waals surface area contributed by atoms with Crippen molar-refractivity contribution in [2.45, 2.75) is 38.1 Å². The van der Waals surface area contributed by atoms with E-state index in [-0.39, 0.29) is 0 Å². The van der Waals surface area contributed by atoms with E-state index >= 15 is 0 Å². The molecule has 0 saturated carbocycles. The molecule has 1 unspecified atom stereocenters. The minimum atomic E-state index is 0.699. The first-order valence-electron chi connectivity index (χ1n) is 6.63. The van der Waals surface area contributed by atoms with Gasteiger partial charge in [0.15, 0.2) is 0 Å². The van der Waals surface area contributed by atoms with Crippen LogP contribution in [-0.4, -0.2) is 31.6 Å². The van der Waals surface area contributed by atoms with Crippen LogP contribution in [0.4, 0.5) is 0 Å². The first-order chi connectivity index (χ1) is 8.29. The monoisotopic (exact) mass is 233 g/mol. The quantitative estimate of drug-likeness (QED) is 0.795. The maximum atomic E-state index is 5.28. The highest BCUT2D eigenvalue weighted by atomic mass is 16.5. The van der Waals surface area contributed by atoms with E-state index in [0.29, 0.717) is 6.04 Å². The van der Waals surface area contributed by atoms with Gasteiger partial charge in [-0.15, -0.1) is 0 Å². The fourth-order valence-corrected chi connectivity index (χ4v) is 2.65. The molecular formula is C15H23NO. The molecule has 94 valence electrons. The Morgan fingerprint density at radius 2 is 2.18 bits per heavy atom. The van der Waals surface area contributed by atoms with Gasteiger partial charge < -0.3 is 9.64 Å². The van der Waals surface area contributed by atoms with Gasteiger partial charge in [0.2, 0.25) is 0 Å². The number of methoxy groups -OCH3 is 1. The van der Waals surface area contributed by atoms with Crippen molar-refractivity contribution in [3.63, 3.8) is 0 Å². The third-order valence-electron chi connectivity index (χ3n) is 3.78. The molecule has 0 N–H and O–H groups in total. The molecule has 0 amide bonds. The number of likely N-dealkylation sites (tertiary alicyclic amines) is 1. The summed E-state index contributed by atoms with van der Waals surface area (Å²) in [6.45, 7) is 1.24. The Morgan fingerprint density at radius 1 is 1.29 bits per heavy atom. The second-order valence-electron chi connectivity index (χ2n) is 5.04. The van der Waals surface area contributed by atoms with Crippen molar-refractivity contribution in [3.05, 3.63) is 29.8 Å². The molecule has 1 atom stereocenters. The van der Waals surface area contributed by atoms with Crippen molar-refractivity contribution in [2.75, 3.05) is 20.7 Å². The summed E-state index contributed by atoms with van der Waals surface area (Å²) in [5.41, 5.74) is 1.39. The second kappa shape index (κ2) is 6.06. The van der Waals surface area contributed by atoms with E-state index in [1.807, 2.05) is 6.07 Å². The number of rotatable bonds is 3. The minimum absolute atomic E-state index is 0.699. The zero-order chi connectivity index (χ0) is 12.1. The van der Waals surface area contributed by atoms with Crippen molar-refractivity contribution < 1.29 is 4.74 Å². The van der Waals surface area contributed by atoms with Crippen molar-refractivity contribution in [3.8, 4) is 5.75 Å². The van der Waals surface area contributed by atoms with Gasteiger partial charge in [-0.1, -0.05) is 25.0 Å². The summed E-state index contributed by atoms with van der Waals surface area (Å²) in [6, 6.07) is 9.18. The Bertz CT molecular complexity index is 351. The lowest BCUT2D eigenvalue weighted by Gasteiger charge is -2.25. The maximum Gasteiger partial charge on any atom is 0.119 e. The van der Waals surface area contributed by atoms with Crippen molar-refractivity contribution >= 4 is 0 Å². The second-order valence-corrected chi connectivity index (χ2v) is 5.04. The van der Waals surface area contributed by atoms with Gasteiger partial charge in [-0.25, -0.2) is 0 Å². The summed E-state index contributed by atoms with van der Waals surface area (Å²) in [7, 11) is 3.99. The van der Waals surface area contributed by atoms with Crippen LogP contribution in [0.25, 0.3) is 0 Å². The third kappa shape index (κ3) is 3.47. The minimum Gasteiger partial charge on any atom is -0.497 e. The largest absolute Gasteiger partial charge is 0.497 e. The number of nitrogens with zero attached hydrogens (tertiary/aromatic N) is 1. The lowest BCUT2D eigenvalue weighted by atomic mass is 10.0. The first kappa shape index (κ1) is 12.4. The predicted molar refractivity (Wildman–Crippen MR) is 71.6 cm³/mol.